The number of anilines is 1. The lowest BCUT2D eigenvalue weighted by Crippen LogP contribution is -2.18. The Labute approximate surface area is 122 Å². The predicted molar refractivity (Wildman–Crippen MR) is 75.8 cm³/mol. The summed E-state index contributed by atoms with van der Waals surface area (Å²) in [6.07, 6.45) is 1.26. The Morgan fingerprint density at radius 3 is 2.38 bits per heavy atom. The number of nitrogens with one attached hydrogen (secondary N) is 1. The highest BCUT2D eigenvalue weighted by Crippen LogP contribution is 2.16. The first-order valence-electron chi connectivity index (χ1n) is 6.47. The van der Waals surface area contributed by atoms with Crippen LogP contribution in [0.2, 0.25) is 0 Å². The van der Waals surface area contributed by atoms with Crippen molar-refractivity contribution < 1.29 is 12.8 Å². The van der Waals surface area contributed by atoms with Crippen molar-refractivity contribution in [3.8, 4) is 0 Å². The first-order chi connectivity index (χ1) is 9.97. The summed E-state index contributed by atoms with van der Waals surface area (Å²) in [6.45, 7) is 3.80. The van der Waals surface area contributed by atoms with Crippen molar-refractivity contribution in [2.45, 2.75) is 31.6 Å². The van der Waals surface area contributed by atoms with Gasteiger partial charge in [0, 0.05) is 0 Å². The molecule has 0 atom stereocenters. The second-order valence-corrected chi connectivity index (χ2v) is 5.92. The first kappa shape index (κ1) is 15.3. The fourth-order valence-electron chi connectivity index (χ4n) is 1.82. The van der Waals surface area contributed by atoms with Gasteiger partial charge in [0.25, 0.3) is 16.0 Å². The van der Waals surface area contributed by atoms with Crippen molar-refractivity contribution in [2.24, 2.45) is 0 Å². The average Bonchev–Trinajstić information content (AvgIpc) is 2.47. The molecule has 1 aromatic heterocycles. The fraction of sp³-hybridized carbons (Fsp3) is 0.308. The molecule has 0 amide bonds. The van der Waals surface area contributed by atoms with Crippen molar-refractivity contribution >= 4 is 16.0 Å². The first-order valence-corrected chi connectivity index (χ1v) is 7.96. The normalized spacial score (nSPS) is 11.4. The monoisotopic (exact) mass is 310 g/mol. The lowest BCUT2D eigenvalue weighted by atomic mass is 10.2. The van der Waals surface area contributed by atoms with E-state index in [0.29, 0.717) is 24.2 Å². The molecule has 0 radical (unpaired) electrons. The minimum absolute atomic E-state index is 0.160. The van der Waals surface area contributed by atoms with Crippen LogP contribution in [0.1, 0.15) is 25.2 Å². The Balaban J connectivity index is 2.35. The van der Waals surface area contributed by atoms with E-state index < -0.39 is 20.7 Å². The molecule has 2 rings (SSSR count). The standard InChI is InChI=1S/C13H15FN4O2S/c1-3-10-11(4-2)16-17-13(15-10)18-21(19,20)12-8-6-5-7-9(12)14/h5-8H,3-4H2,1-2H3,(H,15,17,18). The lowest BCUT2D eigenvalue weighted by molar-refractivity contribution is 0.570. The number of aromatic nitrogens is 3. The van der Waals surface area contributed by atoms with E-state index in [4.69, 9.17) is 0 Å². The summed E-state index contributed by atoms with van der Waals surface area (Å²) in [4.78, 5) is 3.66. The molecule has 0 unspecified atom stereocenters. The van der Waals surface area contributed by atoms with Crippen LogP contribution in [0.15, 0.2) is 29.2 Å². The maximum Gasteiger partial charge on any atom is 0.267 e. The van der Waals surface area contributed by atoms with Crippen LogP contribution < -0.4 is 4.72 Å². The Morgan fingerprint density at radius 1 is 1.10 bits per heavy atom. The Bertz CT molecular complexity index is 750. The zero-order valence-electron chi connectivity index (χ0n) is 11.7. The molecule has 0 aliphatic heterocycles. The molecular weight excluding hydrogens is 295 g/mol. The lowest BCUT2D eigenvalue weighted by Gasteiger charge is -2.09. The number of nitrogens with zero attached hydrogens (tertiary/aromatic N) is 3. The van der Waals surface area contributed by atoms with E-state index in [-0.39, 0.29) is 5.95 Å². The van der Waals surface area contributed by atoms with Crippen LogP contribution in [-0.2, 0) is 22.9 Å². The van der Waals surface area contributed by atoms with Crippen LogP contribution in [0.25, 0.3) is 0 Å². The summed E-state index contributed by atoms with van der Waals surface area (Å²) in [5, 5.41) is 7.66. The second-order valence-electron chi connectivity index (χ2n) is 4.27. The third kappa shape index (κ3) is 3.33. The zero-order chi connectivity index (χ0) is 15.5. The number of benzene rings is 1. The second kappa shape index (κ2) is 6.13. The Hall–Kier alpha value is -2.09. The van der Waals surface area contributed by atoms with E-state index in [9.17, 15) is 12.8 Å². The van der Waals surface area contributed by atoms with E-state index in [1.165, 1.54) is 18.2 Å². The predicted octanol–water partition coefficient (Wildman–Crippen LogP) is 1.94. The van der Waals surface area contributed by atoms with Crippen molar-refractivity contribution in [3.63, 3.8) is 0 Å². The van der Waals surface area contributed by atoms with E-state index in [2.05, 4.69) is 19.9 Å². The van der Waals surface area contributed by atoms with Crippen molar-refractivity contribution in [1.29, 1.82) is 0 Å². The molecular formula is C13H15FN4O2S. The average molecular weight is 310 g/mol. The number of sulfonamides is 1. The highest BCUT2D eigenvalue weighted by atomic mass is 32.2. The zero-order valence-corrected chi connectivity index (χ0v) is 12.5. The van der Waals surface area contributed by atoms with Gasteiger partial charge in [0.2, 0.25) is 0 Å². The molecule has 6 nitrogen and oxygen atoms in total. The number of aryl methyl sites for hydroxylation is 2. The van der Waals surface area contributed by atoms with Gasteiger partial charge in [-0.05, 0) is 25.0 Å². The molecule has 8 heteroatoms. The molecule has 112 valence electrons. The van der Waals surface area contributed by atoms with E-state index in [0.717, 1.165) is 6.07 Å². The molecule has 2 aromatic rings. The maximum atomic E-state index is 13.6. The molecule has 0 spiro atoms. The van der Waals surface area contributed by atoms with Gasteiger partial charge in [-0.15, -0.1) is 10.2 Å². The number of halogens is 1. The molecule has 1 N–H and O–H groups in total. The van der Waals surface area contributed by atoms with Crippen LogP contribution in [-0.4, -0.2) is 23.6 Å². The molecule has 21 heavy (non-hydrogen) atoms. The summed E-state index contributed by atoms with van der Waals surface area (Å²) in [7, 11) is -4.08. The smallest absolute Gasteiger partial charge is 0.246 e. The SMILES string of the molecule is CCc1nnc(NS(=O)(=O)c2ccccc2F)nc1CC. The molecule has 1 heterocycles. The van der Waals surface area contributed by atoms with Gasteiger partial charge in [-0.2, -0.15) is 0 Å². The van der Waals surface area contributed by atoms with E-state index >= 15 is 0 Å². The topological polar surface area (TPSA) is 84.8 Å². The summed E-state index contributed by atoms with van der Waals surface area (Å²) in [6, 6.07) is 5.10. The quantitative estimate of drug-likeness (QED) is 0.912. The molecule has 0 aliphatic carbocycles. The summed E-state index contributed by atoms with van der Waals surface area (Å²) in [5.41, 5.74) is 1.38. The minimum atomic E-state index is -4.08. The van der Waals surface area contributed by atoms with E-state index in [1.807, 2.05) is 13.8 Å². The van der Waals surface area contributed by atoms with Gasteiger partial charge in [0.05, 0.1) is 11.4 Å². The van der Waals surface area contributed by atoms with Gasteiger partial charge in [-0.25, -0.2) is 22.5 Å². The van der Waals surface area contributed by atoms with Crippen molar-refractivity contribution in [3.05, 3.63) is 41.5 Å². The van der Waals surface area contributed by atoms with Gasteiger partial charge in [-0.3, -0.25) is 0 Å². The van der Waals surface area contributed by atoms with Crippen molar-refractivity contribution in [1.82, 2.24) is 15.2 Å². The summed E-state index contributed by atoms with van der Waals surface area (Å²) < 4.78 is 40.0. The maximum absolute atomic E-state index is 13.6. The van der Waals surface area contributed by atoms with Gasteiger partial charge in [-0.1, -0.05) is 26.0 Å². The van der Waals surface area contributed by atoms with Gasteiger partial charge in [0.15, 0.2) is 0 Å². The third-order valence-corrected chi connectivity index (χ3v) is 4.22. The van der Waals surface area contributed by atoms with E-state index in [1.54, 1.807) is 0 Å². The molecule has 0 bridgehead atoms. The van der Waals surface area contributed by atoms with Crippen LogP contribution in [0, 0.1) is 5.82 Å². The highest BCUT2D eigenvalue weighted by Gasteiger charge is 2.20. The van der Waals surface area contributed by atoms with Crippen LogP contribution >= 0.6 is 0 Å². The molecule has 0 fully saturated rings. The van der Waals surface area contributed by atoms with Crippen LogP contribution in [0.5, 0.6) is 0 Å². The molecule has 1 aromatic carbocycles. The Morgan fingerprint density at radius 2 is 1.76 bits per heavy atom. The fourth-order valence-corrected chi connectivity index (χ4v) is 2.84. The van der Waals surface area contributed by atoms with Gasteiger partial charge >= 0.3 is 0 Å². The number of hydrogen-bond acceptors (Lipinski definition) is 5. The van der Waals surface area contributed by atoms with Crippen LogP contribution in [0.4, 0.5) is 10.3 Å². The van der Waals surface area contributed by atoms with Crippen molar-refractivity contribution in [2.75, 3.05) is 4.72 Å². The van der Waals surface area contributed by atoms with Crippen LogP contribution in [0.3, 0.4) is 0 Å². The van der Waals surface area contributed by atoms with Gasteiger partial charge < -0.3 is 0 Å². The Kier molecular flexibility index (Phi) is 4.46. The number of rotatable bonds is 5. The van der Waals surface area contributed by atoms with Gasteiger partial charge in [0.1, 0.15) is 10.7 Å². The number of hydrogen-bond donors (Lipinski definition) is 1. The largest absolute Gasteiger partial charge is 0.267 e. The third-order valence-electron chi connectivity index (χ3n) is 2.86. The molecule has 0 aliphatic rings. The molecule has 0 saturated heterocycles. The summed E-state index contributed by atoms with van der Waals surface area (Å²) in [5.74, 6) is -0.994. The summed E-state index contributed by atoms with van der Waals surface area (Å²) >= 11 is 0. The highest BCUT2D eigenvalue weighted by molar-refractivity contribution is 7.92. The molecule has 0 saturated carbocycles. The minimum Gasteiger partial charge on any atom is -0.246 e.